The van der Waals surface area contributed by atoms with E-state index in [-0.39, 0.29) is 0 Å². The summed E-state index contributed by atoms with van der Waals surface area (Å²) in [7, 11) is 0. The van der Waals surface area contributed by atoms with Gasteiger partial charge in [0.15, 0.2) is 0 Å². The highest BCUT2D eigenvalue weighted by Crippen LogP contribution is 2.33. The zero-order valence-corrected chi connectivity index (χ0v) is 12.1. The van der Waals surface area contributed by atoms with Gasteiger partial charge in [0.25, 0.3) is 0 Å². The van der Waals surface area contributed by atoms with Crippen molar-refractivity contribution < 1.29 is 0 Å². The first-order valence-corrected chi connectivity index (χ1v) is 8.03. The molecule has 0 aromatic rings. The number of nitrogens with two attached hydrogens (primary N) is 1. The molecular weight excluding hydrogens is 206 g/mol. The van der Waals surface area contributed by atoms with E-state index in [9.17, 15) is 0 Å². The predicted octanol–water partition coefficient (Wildman–Crippen LogP) is 4.89. The van der Waals surface area contributed by atoms with Crippen LogP contribution in [0.5, 0.6) is 0 Å². The van der Waals surface area contributed by atoms with Crippen molar-refractivity contribution in [1.82, 2.24) is 0 Å². The Labute approximate surface area is 109 Å². The van der Waals surface area contributed by atoms with Crippen molar-refractivity contribution in [3.63, 3.8) is 0 Å². The van der Waals surface area contributed by atoms with Crippen LogP contribution in [0.4, 0.5) is 0 Å². The van der Waals surface area contributed by atoms with E-state index in [4.69, 9.17) is 5.73 Å². The Morgan fingerprint density at radius 1 is 0.941 bits per heavy atom. The van der Waals surface area contributed by atoms with Crippen molar-refractivity contribution in [1.29, 1.82) is 0 Å². The molecule has 1 atom stereocenters. The summed E-state index contributed by atoms with van der Waals surface area (Å²) in [5.41, 5.74) is 6.35. The molecule has 0 bridgehead atoms. The summed E-state index contributed by atoms with van der Waals surface area (Å²) in [6.45, 7) is 4.61. The molecule has 1 saturated carbocycles. The monoisotopic (exact) mass is 239 g/mol. The highest BCUT2D eigenvalue weighted by atomic mass is 14.6. The largest absolute Gasteiger partial charge is 0.327 e. The maximum absolute atomic E-state index is 6.35. The fourth-order valence-corrected chi connectivity index (χ4v) is 3.24. The van der Waals surface area contributed by atoms with E-state index in [0.29, 0.717) is 6.04 Å². The fraction of sp³-hybridized carbons (Fsp3) is 1.00. The predicted molar refractivity (Wildman–Crippen MR) is 77.1 cm³/mol. The lowest BCUT2D eigenvalue weighted by atomic mass is 9.77. The van der Waals surface area contributed by atoms with Gasteiger partial charge in [0.2, 0.25) is 0 Å². The SMILES string of the molecule is CCCCCCCC(N)C1CCC(CC)CC1. The molecule has 2 N–H and O–H groups in total. The molecule has 1 aliphatic carbocycles. The molecule has 0 radical (unpaired) electrons. The summed E-state index contributed by atoms with van der Waals surface area (Å²) in [6.07, 6.45) is 15.2. The van der Waals surface area contributed by atoms with Crippen LogP contribution in [0.1, 0.15) is 84.5 Å². The first-order valence-electron chi connectivity index (χ1n) is 8.03. The maximum atomic E-state index is 6.35. The summed E-state index contributed by atoms with van der Waals surface area (Å²) in [5, 5.41) is 0. The molecule has 0 heterocycles. The average molecular weight is 239 g/mol. The Morgan fingerprint density at radius 2 is 1.59 bits per heavy atom. The molecule has 1 heteroatoms. The van der Waals surface area contributed by atoms with Gasteiger partial charge in [-0.3, -0.25) is 0 Å². The molecule has 0 aromatic carbocycles. The second kappa shape index (κ2) is 8.97. The molecular formula is C16H33N. The van der Waals surface area contributed by atoms with E-state index in [2.05, 4.69) is 13.8 Å². The second-order valence-electron chi connectivity index (χ2n) is 6.06. The molecule has 0 aromatic heterocycles. The van der Waals surface area contributed by atoms with Gasteiger partial charge in [0.1, 0.15) is 0 Å². The summed E-state index contributed by atoms with van der Waals surface area (Å²) in [6, 6.07) is 0.495. The maximum Gasteiger partial charge on any atom is 0.00671 e. The van der Waals surface area contributed by atoms with E-state index in [1.54, 1.807) is 0 Å². The molecule has 0 aliphatic heterocycles. The van der Waals surface area contributed by atoms with Crippen LogP contribution in [0.3, 0.4) is 0 Å². The standard InChI is InChI=1S/C16H33N/c1-3-5-6-7-8-9-16(17)15-12-10-14(4-2)11-13-15/h14-16H,3-13,17H2,1-2H3. The molecule has 1 fully saturated rings. The zero-order chi connectivity index (χ0) is 12.5. The van der Waals surface area contributed by atoms with Gasteiger partial charge in [0.05, 0.1) is 0 Å². The van der Waals surface area contributed by atoms with Gasteiger partial charge in [-0.2, -0.15) is 0 Å². The second-order valence-corrected chi connectivity index (χ2v) is 6.06. The Balaban J connectivity index is 2.05. The van der Waals surface area contributed by atoms with Gasteiger partial charge in [-0.1, -0.05) is 65.2 Å². The van der Waals surface area contributed by atoms with Gasteiger partial charge in [-0.15, -0.1) is 0 Å². The van der Waals surface area contributed by atoms with E-state index >= 15 is 0 Å². The van der Waals surface area contributed by atoms with Gasteiger partial charge in [-0.05, 0) is 31.1 Å². The van der Waals surface area contributed by atoms with Crippen LogP contribution in [0.25, 0.3) is 0 Å². The van der Waals surface area contributed by atoms with Gasteiger partial charge >= 0.3 is 0 Å². The minimum absolute atomic E-state index is 0.495. The van der Waals surface area contributed by atoms with Gasteiger partial charge in [-0.25, -0.2) is 0 Å². The Kier molecular flexibility index (Phi) is 7.92. The minimum Gasteiger partial charge on any atom is -0.327 e. The van der Waals surface area contributed by atoms with Crippen LogP contribution < -0.4 is 5.73 Å². The molecule has 102 valence electrons. The van der Waals surface area contributed by atoms with Crippen LogP contribution in [-0.4, -0.2) is 6.04 Å². The molecule has 17 heavy (non-hydrogen) atoms. The van der Waals surface area contributed by atoms with Crippen LogP contribution in [-0.2, 0) is 0 Å². The van der Waals surface area contributed by atoms with Crippen LogP contribution in [0.2, 0.25) is 0 Å². The van der Waals surface area contributed by atoms with Gasteiger partial charge in [0, 0.05) is 6.04 Å². The zero-order valence-electron chi connectivity index (χ0n) is 12.1. The summed E-state index contributed by atoms with van der Waals surface area (Å²) in [4.78, 5) is 0. The van der Waals surface area contributed by atoms with Crippen LogP contribution >= 0.6 is 0 Å². The van der Waals surface area contributed by atoms with Crippen LogP contribution in [0, 0.1) is 11.8 Å². The number of unbranched alkanes of at least 4 members (excludes halogenated alkanes) is 4. The normalized spacial score (nSPS) is 27.0. The van der Waals surface area contributed by atoms with E-state index < -0.39 is 0 Å². The molecule has 0 saturated heterocycles. The van der Waals surface area contributed by atoms with Crippen molar-refractivity contribution in [3.05, 3.63) is 0 Å². The molecule has 1 rings (SSSR count). The van der Waals surface area contributed by atoms with Crippen molar-refractivity contribution in [2.45, 2.75) is 90.5 Å². The lowest BCUT2D eigenvalue weighted by Gasteiger charge is -2.31. The third-order valence-electron chi connectivity index (χ3n) is 4.72. The van der Waals surface area contributed by atoms with Crippen molar-refractivity contribution in [2.75, 3.05) is 0 Å². The van der Waals surface area contributed by atoms with Crippen LogP contribution in [0.15, 0.2) is 0 Å². The third-order valence-corrected chi connectivity index (χ3v) is 4.72. The molecule has 1 aliphatic rings. The van der Waals surface area contributed by atoms with E-state index in [1.165, 1.54) is 70.6 Å². The minimum atomic E-state index is 0.495. The highest BCUT2D eigenvalue weighted by Gasteiger charge is 2.24. The average Bonchev–Trinajstić information content (AvgIpc) is 2.38. The highest BCUT2D eigenvalue weighted by molar-refractivity contribution is 4.79. The first-order chi connectivity index (χ1) is 8.27. The quantitative estimate of drug-likeness (QED) is 0.600. The summed E-state index contributed by atoms with van der Waals surface area (Å²) >= 11 is 0. The number of rotatable bonds is 8. The van der Waals surface area contributed by atoms with Crippen molar-refractivity contribution in [3.8, 4) is 0 Å². The Bertz CT molecular complexity index is 170. The third kappa shape index (κ3) is 5.90. The van der Waals surface area contributed by atoms with E-state index in [1.807, 2.05) is 0 Å². The Hall–Kier alpha value is -0.0400. The number of hydrogen-bond acceptors (Lipinski definition) is 1. The molecule has 0 spiro atoms. The fourth-order valence-electron chi connectivity index (χ4n) is 3.24. The molecule has 1 nitrogen and oxygen atoms in total. The van der Waals surface area contributed by atoms with Gasteiger partial charge < -0.3 is 5.73 Å². The van der Waals surface area contributed by atoms with Crippen molar-refractivity contribution >= 4 is 0 Å². The summed E-state index contributed by atoms with van der Waals surface area (Å²) in [5.74, 6) is 1.84. The summed E-state index contributed by atoms with van der Waals surface area (Å²) < 4.78 is 0. The Morgan fingerprint density at radius 3 is 2.18 bits per heavy atom. The molecule has 1 unspecified atom stereocenters. The molecule has 0 amide bonds. The topological polar surface area (TPSA) is 26.0 Å². The lowest BCUT2D eigenvalue weighted by Crippen LogP contribution is -2.33. The van der Waals surface area contributed by atoms with Crippen molar-refractivity contribution in [2.24, 2.45) is 17.6 Å². The lowest BCUT2D eigenvalue weighted by molar-refractivity contribution is 0.231. The first kappa shape index (κ1) is 15.0. The smallest absolute Gasteiger partial charge is 0.00671 e. The van der Waals surface area contributed by atoms with E-state index in [0.717, 1.165) is 11.8 Å². The number of hydrogen-bond donors (Lipinski definition) is 1.